The van der Waals surface area contributed by atoms with Crippen LogP contribution in [0.2, 0.25) is 0 Å². The topological polar surface area (TPSA) is 149 Å². The molecule has 0 aliphatic carbocycles. The van der Waals surface area contributed by atoms with E-state index >= 15 is 0 Å². The van der Waals surface area contributed by atoms with Crippen molar-refractivity contribution in [1.82, 2.24) is 8.61 Å². The molecular formula is C24H20F4N2O8S2. The van der Waals surface area contributed by atoms with Crippen LogP contribution in [0.25, 0.3) is 0 Å². The highest BCUT2D eigenvalue weighted by Gasteiger charge is 2.33. The number of carboxylic acid groups (broad SMARTS) is 2. The average molecular weight is 605 g/mol. The summed E-state index contributed by atoms with van der Waals surface area (Å²) in [7, 11) is -9.77. The minimum atomic E-state index is -4.89. The summed E-state index contributed by atoms with van der Waals surface area (Å²) in [6.45, 7) is -3.86. The standard InChI is InChI=1S/C24H20F4N2O8S2/c25-17-5-7-21(19(27)9-17)39(35,36)29(13-23(31)32)11-15-3-1-2-4-16(15)12-30(14-24(33)34)40(37,38)22-8-6-18(26)10-20(22)28/h1-10H,11-14H2,(H,31,32)(H,33,34). The summed E-state index contributed by atoms with van der Waals surface area (Å²) >= 11 is 0. The molecule has 214 valence electrons. The normalized spacial score (nSPS) is 12.2. The third-order valence-corrected chi connectivity index (χ3v) is 9.11. The Morgan fingerprint density at radius 1 is 0.625 bits per heavy atom. The monoisotopic (exact) mass is 604 g/mol. The Balaban J connectivity index is 2.05. The molecule has 3 aromatic carbocycles. The summed E-state index contributed by atoms with van der Waals surface area (Å²) in [5, 5.41) is 18.6. The fourth-order valence-corrected chi connectivity index (χ4v) is 6.47. The third-order valence-electron chi connectivity index (χ3n) is 5.46. The SMILES string of the molecule is O=C(O)CN(Cc1ccccc1CN(CC(=O)O)S(=O)(=O)c1ccc(F)cc1F)S(=O)(=O)c1ccc(F)cc1F. The molecule has 3 aromatic rings. The van der Waals surface area contributed by atoms with E-state index in [1.807, 2.05) is 0 Å². The van der Waals surface area contributed by atoms with Gasteiger partial charge in [0.15, 0.2) is 0 Å². The number of halogens is 4. The van der Waals surface area contributed by atoms with Gasteiger partial charge in [-0.3, -0.25) is 9.59 Å². The van der Waals surface area contributed by atoms with Crippen LogP contribution in [0.5, 0.6) is 0 Å². The van der Waals surface area contributed by atoms with Crippen molar-refractivity contribution >= 4 is 32.0 Å². The van der Waals surface area contributed by atoms with E-state index in [0.717, 1.165) is 0 Å². The number of benzene rings is 3. The van der Waals surface area contributed by atoms with Crippen LogP contribution in [0.3, 0.4) is 0 Å². The summed E-state index contributed by atoms with van der Waals surface area (Å²) in [6.07, 6.45) is 0. The molecule has 0 unspecified atom stereocenters. The molecule has 16 heteroatoms. The maximum atomic E-state index is 14.3. The van der Waals surface area contributed by atoms with Crippen LogP contribution < -0.4 is 0 Å². The van der Waals surface area contributed by atoms with Crippen LogP contribution in [-0.4, -0.2) is 60.7 Å². The van der Waals surface area contributed by atoms with E-state index in [1.54, 1.807) is 0 Å². The quantitative estimate of drug-likeness (QED) is 0.300. The molecule has 0 radical (unpaired) electrons. The van der Waals surface area contributed by atoms with Gasteiger partial charge in [0, 0.05) is 25.2 Å². The van der Waals surface area contributed by atoms with Crippen molar-refractivity contribution in [2.45, 2.75) is 22.9 Å². The Kier molecular flexibility index (Phi) is 9.29. The van der Waals surface area contributed by atoms with E-state index in [2.05, 4.69) is 0 Å². The zero-order valence-corrected chi connectivity index (χ0v) is 21.8. The fraction of sp³-hybridized carbons (Fsp3) is 0.167. The van der Waals surface area contributed by atoms with E-state index in [4.69, 9.17) is 0 Å². The van der Waals surface area contributed by atoms with Gasteiger partial charge in [-0.15, -0.1) is 0 Å². The van der Waals surface area contributed by atoms with Gasteiger partial charge in [-0.05, 0) is 35.4 Å². The lowest BCUT2D eigenvalue weighted by Gasteiger charge is -2.25. The van der Waals surface area contributed by atoms with Crippen molar-refractivity contribution in [2.75, 3.05) is 13.1 Å². The van der Waals surface area contributed by atoms with E-state index in [9.17, 15) is 54.2 Å². The zero-order valence-electron chi connectivity index (χ0n) is 20.2. The maximum Gasteiger partial charge on any atom is 0.318 e. The van der Waals surface area contributed by atoms with Crippen molar-refractivity contribution in [3.05, 3.63) is 95.1 Å². The van der Waals surface area contributed by atoms with Crippen LogP contribution >= 0.6 is 0 Å². The smallest absolute Gasteiger partial charge is 0.318 e. The van der Waals surface area contributed by atoms with Crippen molar-refractivity contribution in [3.63, 3.8) is 0 Å². The largest absolute Gasteiger partial charge is 0.480 e. The van der Waals surface area contributed by atoms with E-state index in [-0.39, 0.29) is 11.1 Å². The van der Waals surface area contributed by atoms with Crippen LogP contribution in [0.1, 0.15) is 11.1 Å². The first-order valence-electron chi connectivity index (χ1n) is 11.0. The summed E-state index contributed by atoms with van der Waals surface area (Å²) in [5.74, 6) is -8.39. The number of hydrogen-bond donors (Lipinski definition) is 2. The molecule has 0 fully saturated rings. The Morgan fingerprint density at radius 2 is 0.975 bits per heavy atom. The van der Waals surface area contributed by atoms with Crippen LogP contribution in [0.15, 0.2) is 70.5 Å². The first-order valence-corrected chi connectivity index (χ1v) is 13.9. The lowest BCUT2D eigenvalue weighted by molar-refractivity contribution is -0.138. The maximum absolute atomic E-state index is 14.3. The molecule has 0 atom stereocenters. The van der Waals surface area contributed by atoms with Gasteiger partial charge in [-0.2, -0.15) is 8.61 Å². The highest BCUT2D eigenvalue weighted by atomic mass is 32.2. The molecule has 40 heavy (non-hydrogen) atoms. The molecule has 0 aliphatic rings. The highest BCUT2D eigenvalue weighted by molar-refractivity contribution is 7.89. The fourth-order valence-electron chi connectivity index (χ4n) is 3.65. The van der Waals surface area contributed by atoms with Gasteiger partial charge >= 0.3 is 11.9 Å². The Labute approximate surface area is 225 Å². The molecule has 10 nitrogen and oxygen atoms in total. The van der Waals surface area contributed by atoms with Gasteiger partial charge in [-0.25, -0.2) is 34.4 Å². The van der Waals surface area contributed by atoms with Crippen LogP contribution in [0.4, 0.5) is 17.6 Å². The molecule has 0 bridgehead atoms. The zero-order chi connectivity index (χ0) is 29.8. The second-order valence-corrected chi connectivity index (χ2v) is 12.1. The lowest BCUT2D eigenvalue weighted by Crippen LogP contribution is -2.37. The summed E-state index contributed by atoms with van der Waals surface area (Å²) in [6, 6.07) is 8.47. The molecule has 0 saturated heterocycles. The second kappa shape index (κ2) is 12.1. The Morgan fingerprint density at radius 3 is 1.27 bits per heavy atom. The van der Waals surface area contributed by atoms with Crippen molar-refractivity contribution in [2.24, 2.45) is 0 Å². The van der Waals surface area contributed by atoms with E-state index < -0.39 is 91.2 Å². The number of rotatable bonds is 12. The second-order valence-electron chi connectivity index (χ2n) is 8.25. The van der Waals surface area contributed by atoms with Gasteiger partial charge < -0.3 is 10.2 Å². The number of sulfonamides is 2. The van der Waals surface area contributed by atoms with Gasteiger partial charge in [0.2, 0.25) is 20.0 Å². The molecule has 2 N–H and O–H groups in total. The summed E-state index contributed by atoms with van der Waals surface area (Å²) in [4.78, 5) is 20.9. The van der Waals surface area contributed by atoms with E-state index in [1.165, 1.54) is 24.3 Å². The molecule has 3 rings (SSSR count). The minimum absolute atomic E-state index is 0.0139. The molecule has 0 amide bonds. The predicted octanol–water partition coefficient (Wildman–Crippen LogP) is 2.79. The van der Waals surface area contributed by atoms with Gasteiger partial charge in [0.25, 0.3) is 0 Å². The van der Waals surface area contributed by atoms with Crippen molar-refractivity contribution in [1.29, 1.82) is 0 Å². The third kappa shape index (κ3) is 7.01. The van der Waals surface area contributed by atoms with Gasteiger partial charge in [-0.1, -0.05) is 24.3 Å². The Hall–Kier alpha value is -3.86. The Bertz CT molecular complexity index is 1540. The van der Waals surface area contributed by atoms with Gasteiger partial charge in [0.05, 0.1) is 0 Å². The molecule has 0 heterocycles. The number of hydrogen-bond acceptors (Lipinski definition) is 6. The average Bonchev–Trinajstić information content (AvgIpc) is 2.83. The number of aliphatic carboxylic acids is 2. The summed E-state index contributed by atoms with van der Waals surface area (Å²) < 4.78 is 109. The van der Waals surface area contributed by atoms with Crippen LogP contribution in [-0.2, 0) is 42.7 Å². The van der Waals surface area contributed by atoms with Gasteiger partial charge in [0.1, 0.15) is 46.1 Å². The molecule has 0 aromatic heterocycles. The highest BCUT2D eigenvalue weighted by Crippen LogP contribution is 2.26. The van der Waals surface area contributed by atoms with E-state index in [0.29, 0.717) is 45.0 Å². The number of nitrogens with zero attached hydrogens (tertiary/aromatic N) is 2. The predicted molar refractivity (Wildman–Crippen MR) is 130 cm³/mol. The number of carboxylic acids is 2. The summed E-state index contributed by atoms with van der Waals surface area (Å²) in [5.41, 5.74) is -0.0278. The molecule has 0 saturated carbocycles. The number of carbonyl (C=O) groups is 2. The van der Waals surface area contributed by atoms with Crippen molar-refractivity contribution in [3.8, 4) is 0 Å². The minimum Gasteiger partial charge on any atom is -0.480 e. The van der Waals surface area contributed by atoms with Crippen LogP contribution in [0, 0.1) is 23.3 Å². The molecular weight excluding hydrogens is 584 g/mol. The van der Waals surface area contributed by atoms with Crippen molar-refractivity contribution < 1.29 is 54.2 Å². The molecule has 0 spiro atoms. The lowest BCUT2D eigenvalue weighted by atomic mass is 10.1. The molecule has 0 aliphatic heterocycles. The first kappa shape index (κ1) is 30.7. The first-order chi connectivity index (χ1) is 18.6.